The second-order valence-electron chi connectivity index (χ2n) is 5.63. The van der Waals surface area contributed by atoms with E-state index in [-0.39, 0.29) is 17.9 Å². The summed E-state index contributed by atoms with van der Waals surface area (Å²) in [5, 5.41) is 10.5. The van der Waals surface area contributed by atoms with E-state index >= 15 is 0 Å². The van der Waals surface area contributed by atoms with Gasteiger partial charge in [0.05, 0.1) is 21.8 Å². The number of fused-ring (bicyclic) bond motifs is 1. The highest BCUT2D eigenvalue weighted by Gasteiger charge is 2.43. The number of nitrogens with two attached hydrogens (primary N) is 1. The van der Waals surface area contributed by atoms with Crippen LogP contribution in [0.5, 0.6) is 0 Å². The lowest BCUT2D eigenvalue weighted by Crippen LogP contribution is -2.31. The Morgan fingerprint density at radius 2 is 1.90 bits per heavy atom. The quantitative estimate of drug-likeness (QED) is 0.782. The molecule has 1 saturated heterocycles. The van der Waals surface area contributed by atoms with Gasteiger partial charge in [0, 0.05) is 24.6 Å². The van der Waals surface area contributed by atoms with E-state index in [9.17, 15) is 9.90 Å². The van der Waals surface area contributed by atoms with Crippen LogP contribution in [0.15, 0.2) is 12.1 Å². The number of benzene rings is 1. The van der Waals surface area contributed by atoms with Gasteiger partial charge < -0.3 is 15.7 Å². The van der Waals surface area contributed by atoms with Crippen molar-refractivity contribution in [2.24, 2.45) is 11.8 Å². The summed E-state index contributed by atoms with van der Waals surface area (Å²) in [5.41, 5.74) is 6.41. The molecular formula is C14H16Cl2N2O2. The Hall–Kier alpha value is -0.970. The lowest BCUT2D eigenvalue weighted by molar-refractivity contribution is 0.0752. The minimum absolute atomic E-state index is 0.101. The zero-order valence-electron chi connectivity index (χ0n) is 10.9. The first-order valence-corrected chi connectivity index (χ1v) is 7.45. The Morgan fingerprint density at radius 1 is 1.25 bits per heavy atom. The fraction of sp³-hybridized carbons (Fsp3) is 0.500. The third-order valence-corrected chi connectivity index (χ3v) is 5.06. The van der Waals surface area contributed by atoms with Gasteiger partial charge >= 0.3 is 0 Å². The van der Waals surface area contributed by atoms with Crippen LogP contribution in [-0.4, -0.2) is 35.1 Å². The number of amides is 1. The van der Waals surface area contributed by atoms with Crippen molar-refractivity contribution in [3.63, 3.8) is 0 Å². The summed E-state index contributed by atoms with van der Waals surface area (Å²) in [4.78, 5) is 14.3. The smallest absolute Gasteiger partial charge is 0.253 e. The average molecular weight is 315 g/mol. The molecule has 2 fully saturated rings. The molecule has 1 saturated carbocycles. The molecule has 2 aliphatic rings. The number of aliphatic hydroxyl groups excluding tert-OH is 1. The van der Waals surface area contributed by atoms with E-state index in [1.54, 1.807) is 17.0 Å². The molecule has 3 rings (SSSR count). The molecule has 0 radical (unpaired) electrons. The van der Waals surface area contributed by atoms with Crippen molar-refractivity contribution in [2.75, 3.05) is 18.8 Å². The molecule has 0 spiro atoms. The molecule has 20 heavy (non-hydrogen) atoms. The largest absolute Gasteiger partial charge is 0.396 e. The van der Waals surface area contributed by atoms with E-state index in [1.165, 1.54) is 0 Å². The number of likely N-dealkylation sites (tertiary alicyclic amines) is 1. The number of aliphatic hydroxyl groups is 1. The minimum atomic E-state index is -0.281. The van der Waals surface area contributed by atoms with Gasteiger partial charge in [0.15, 0.2) is 0 Å². The second kappa shape index (κ2) is 5.10. The Balaban J connectivity index is 1.81. The van der Waals surface area contributed by atoms with Crippen LogP contribution in [-0.2, 0) is 0 Å². The maximum absolute atomic E-state index is 12.5. The van der Waals surface area contributed by atoms with E-state index in [0.717, 1.165) is 12.8 Å². The highest BCUT2D eigenvalue weighted by atomic mass is 35.5. The first-order chi connectivity index (χ1) is 9.47. The maximum Gasteiger partial charge on any atom is 0.253 e. The Bertz CT molecular complexity index is 541. The molecular weight excluding hydrogens is 299 g/mol. The normalized spacial score (nSPS) is 28.8. The van der Waals surface area contributed by atoms with Crippen LogP contribution in [0.1, 0.15) is 23.2 Å². The second-order valence-corrected chi connectivity index (χ2v) is 6.45. The van der Waals surface area contributed by atoms with Crippen molar-refractivity contribution in [2.45, 2.75) is 18.9 Å². The van der Waals surface area contributed by atoms with Crippen molar-refractivity contribution in [3.8, 4) is 0 Å². The van der Waals surface area contributed by atoms with E-state index in [0.29, 0.717) is 40.3 Å². The fourth-order valence-electron chi connectivity index (χ4n) is 3.29. The van der Waals surface area contributed by atoms with Crippen LogP contribution in [0, 0.1) is 11.8 Å². The molecule has 0 aromatic heterocycles. The molecule has 1 aromatic rings. The zero-order chi connectivity index (χ0) is 14.4. The molecule has 1 aliphatic heterocycles. The van der Waals surface area contributed by atoms with Crippen LogP contribution in [0.3, 0.4) is 0 Å². The SMILES string of the molecule is Nc1c(Cl)cc(C(=O)N2CC3CCC(O)C3C2)cc1Cl. The Morgan fingerprint density at radius 3 is 2.50 bits per heavy atom. The number of hydrogen-bond acceptors (Lipinski definition) is 3. The summed E-state index contributed by atoms with van der Waals surface area (Å²) in [7, 11) is 0. The van der Waals surface area contributed by atoms with Gasteiger partial charge in [-0.2, -0.15) is 0 Å². The van der Waals surface area contributed by atoms with Gasteiger partial charge in [-0.1, -0.05) is 23.2 Å². The first kappa shape index (κ1) is 14.0. The third kappa shape index (κ3) is 2.26. The zero-order valence-corrected chi connectivity index (χ0v) is 12.4. The van der Waals surface area contributed by atoms with Gasteiger partial charge in [0.2, 0.25) is 0 Å². The van der Waals surface area contributed by atoms with Gasteiger partial charge in [0.25, 0.3) is 5.91 Å². The van der Waals surface area contributed by atoms with Gasteiger partial charge in [-0.25, -0.2) is 0 Å². The third-order valence-electron chi connectivity index (χ3n) is 4.43. The number of anilines is 1. The fourth-order valence-corrected chi connectivity index (χ4v) is 3.78. The average Bonchev–Trinajstić information content (AvgIpc) is 2.97. The van der Waals surface area contributed by atoms with Crippen molar-refractivity contribution in [1.29, 1.82) is 0 Å². The number of rotatable bonds is 1. The number of hydrogen-bond donors (Lipinski definition) is 2. The van der Waals surface area contributed by atoms with Crippen molar-refractivity contribution < 1.29 is 9.90 Å². The van der Waals surface area contributed by atoms with Crippen LogP contribution in [0.25, 0.3) is 0 Å². The number of nitrogen functional groups attached to an aromatic ring is 1. The number of carbonyl (C=O) groups excluding carboxylic acids is 1. The summed E-state index contributed by atoms with van der Waals surface area (Å²) in [6, 6.07) is 3.10. The van der Waals surface area contributed by atoms with Crippen molar-refractivity contribution in [1.82, 2.24) is 4.90 Å². The van der Waals surface area contributed by atoms with Gasteiger partial charge in [-0.05, 0) is 30.9 Å². The topological polar surface area (TPSA) is 66.6 Å². The van der Waals surface area contributed by atoms with E-state index in [2.05, 4.69) is 0 Å². The van der Waals surface area contributed by atoms with Gasteiger partial charge in [-0.15, -0.1) is 0 Å². The van der Waals surface area contributed by atoms with Crippen molar-refractivity contribution >= 4 is 34.8 Å². The molecule has 1 aromatic carbocycles. The Kier molecular flexibility index (Phi) is 3.56. The monoisotopic (exact) mass is 314 g/mol. The maximum atomic E-state index is 12.5. The molecule has 4 nitrogen and oxygen atoms in total. The van der Waals surface area contributed by atoms with E-state index in [4.69, 9.17) is 28.9 Å². The summed E-state index contributed by atoms with van der Waals surface area (Å²) >= 11 is 11.9. The van der Waals surface area contributed by atoms with Crippen molar-refractivity contribution in [3.05, 3.63) is 27.7 Å². The van der Waals surface area contributed by atoms with Crippen LogP contribution in [0.2, 0.25) is 10.0 Å². The minimum Gasteiger partial charge on any atom is -0.396 e. The van der Waals surface area contributed by atoms with Gasteiger partial charge in [0.1, 0.15) is 0 Å². The molecule has 1 amide bonds. The predicted octanol–water partition coefficient (Wildman–Crippen LogP) is 2.42. The summed E-state index contributed by atoms with van der Waals surface area (Å²) in [6.07, 6.45) is 1.55. The van der Waals surface area contributed by atoms with Crippen LogP contribution >= 0.6 is 23.2 Å². The molecule has 3 atom stereocenters. The predicted molar refractivity (Wildman–Crippen MR) is 79.0 cm³/mol. The van der Waals surface area contributed by atoms with E-state index in [1.807, 2.05) is 0 Å². The number of halogens is 2. The molecule has 3 N–H and O–H groups in total. The Labute approximate surface area is 127 Å². The molecule has 0 bridgehead atoms. The first-order valence-electron chi connectivity index (χ1n) is 6.69. The highest BCUT2D eigenvalue weighted by Crippen LogP contribution is 2.39. The molecule has 108 valence electrons. The number of nitrogens with zero attached hydrogens (tertiary/aromatic N) is 1. The summed E-state index contributed by atoms with van der Waals surface area (Å²) in [6.45, 7) is 1.30. The van der Waals surface area contributed by atoms with E-state index < -0.39 is 0 Å². The molecule has 6 heteroatoms. The summed E-state index contributed by atoms with van der Waals surface area (Å²) < 4.78 is 0. The van der Waals surface area contributed by atoms with Gasteiger partial charge in [-0.3, -0.25) is 4.79 Å². The standard InChI is InChI=1S/C14H16Cl2N2O2/c15-10-3-8(4-11(16)13(10)17)14(20)18-5-7-1-2-12(19)9(7)6-18/h3-4,7,9,12,19H,1-2,5-6,17H2. The van der Waals surface area contributed by atoms with Crippen LogP contribution < -0.4 is 5.73 Å². The highest BCUT2D eigenvalue weighted by molar-refractivity contribution is 6.39. The van der Waals surface area contributed by atoms with Crippen LogP contribution in [0.4, 0.5) is 5.69 Å². The molecule has 1 aliphatic carbocycles. The lowest BCUT2D eigenvalue weighted by atomic mass is 10.00. The molecule has 3 unspecified atom stereocenters. The number of carbonyl (C=O) groups is 1. The molecule has 1 heterocycles. The summed E-state index contributed by atoms with van der Waals surface area (Å²) in [5.74, 6) is 0.516. The lowest BCUT2D eigenvalue weighted by Gasteiger charge is -2.19.